The third-order valence-electron chi connectivity index (χ3n) is 11.9. The van der Waals surface area contributed by atoms with Crippen molar-refractivity contribution in [3.8, 4) is 33.6 Å². The quantitative estimate of drug-likeness (QED) is 0.0904. The molecule has 2 aliphatic heterocycles. The number of nitrogens with zero attached hydrogens (tertiary/aromatic N) is 5. The summed E-state index contributed by atoms with van der Waals surface area (Å²) in [6.45, 7) is 8.91. The van der Waals surface area contributed by atoms with E-state index in [1.54, 1.807) is 29.6 Å². The van der Waals surface area contributed by atoms with E-state index in [9.17, 15) is 19.2 Å². The standard InChI is InChI=1S/C48H51N9O6/c1-28(2)42(55-48(61)63-5)46(59)56-19-7-9-40(56)43-50-26-39(53-43)36-17-16-34-22-33(14-15-35(34)23-36)31-10-12-32(13-11-31)38-25-51-44(52-38)41-20-29(3)27-57(41)45(58)37(54-47(60)62-4)21-30-8-6-18-49-24-30/h6,8,10-18,22-26,28,37,40-42H,3,7,9,19-21,27H2,1-2,4-5H3,(H,50,53)(H,51,52)(H,54,60)(H,55,61). The molecule has 0 bridgehead atoms. The Morgan fingerprint density at radius 1 is 0.762 bits per heavy atom. The number of methoxy groups -OCH3 is 2. The van der Waals surface area contributed by atoms with E-state index in [2.05, 4.69) is 80.7 Å². The Morgan fingerprint density at radius 3 is 2.05 bits per heavy atom. The number of pyridine rings is 1. The van der Waals surface area contributed by atoms with E-state index in [1.165, 1.54) is 14.2 Å². The minimum Gasteiger partial charge on any atom is -0.453 e. The number of ether oxygens (including phenoxy) is 2. The molecular weight excluding hydrogens is 799 g/mol. The Labute approximate surface area is 365 Å². The fourth-order valence-corrected chi connectivity index (χ4v) is 8.56. The molecule has 5 heterocycles. The maximum atomic E-state index is 14.0. The van der Waals surface area contributed by atoms with Crippen LogP contribution >= 0.6 is 0 Å². The molecule has 4 amide bonds. The molecule has 3 aromatic carbocycles. The molecule has 6 aromatic rings. The highest BCUT2D eigenvalue weighted by atomic mass is 16.5. The lowest BCUT2D eigenvalue weighted by atomic mass is 9.98. The number of aromatic amines is 2. The number of carbonyl (C=O) groups excluding carboxylic acids is 4. The minimum absolute atomic E-state index is 0.112. The first-order valence-electron chi connectivity index (χ1n) is 21.1. The maximum absolute atomic E-state index is 14.0. The van der Waals surface area contributed by atoms with Crippen LogP contribution in [0, 0.1) is 5.92 Å². The molecule has 63 heavy (non-hydrogen) atoms. The van der Waals surface area contributed by atoms with Gasteiger partial charge in [0.1, 0.15) is 23.7 Å². The van der Waals surface area contributed by atoms with Gasteiger partial charge in [-0.15, -0.1) is 0 Å². The smallest absolute Gasteiger partial charge is 0.407 e. The SMILES string of the molecule is C=C1CC(c2ncc(-c3ccc(-c4ccc5cc(-c6cnc(C7CCCN7C(=O)C(NC(=O)OC)C(C)C)[nH]6)ccc5c4)cc3)[nH]2)N(C(=O)C(Cc2cccnc2)NC(=O)OC)C1. The maximum Gasteiger partial charge on any atom is 0.407 e. The van der Waals surface area contributed by atoms with Gasteiger partial charge >= 0.3 is 12.2 Å². The molecule has 4 unspecified atom stereocenters. The Kier molecular flexibility index (Phi) is 12.4. The number of alkyl carbamates (subject to hydrolysis) is 2. The molecule has 2 fully saturated rings. The molecule has 15 nitrogen and oxygen atoms in total. The number of carbonyl (C=O) groups is 4. The average molecular weight is 850 g/mol. The summed E-state index contributed by atoms with van der Waals surface area (Å²) >= 11 is 0. The first-order valence-corrected chi connectivity index (χ1v) is 21.1. The lowest BCUT2D eigenvalue weighted by Crippen LogP contribution is -2.51. The second kappa shape index (κ2) is 18.4. The number of aromatic nitrogens is 5. The molecule has 324 valence electrons. The molecule has 15 heteroatoms. The van der Waals surface area contributed by atoms with Crippen molar-refractivity contribution < 1.29 is 28.7 Å². The fraction of sp³-hybridized carbons (Fsp3) is 0.312. The zero-order valence-corrected chi connectivity index (χ0v) is 35.8. The molecule has 4 N–H and O–H groups in total. The summed E-state index contributed by atoms with van der Waals surface area (Å²) in [5.74, 6) is 0.846. The lowest BCUT2D eigenvalue weighted by Gasteiger charge is -2.30. The van der Waals surface area contributed by atoms with Gasteiger partial charge in [0.15, 0.2) is 0 Å². The van der Waals surface area contributed by atoms with Crippen molar-refractivity contribution >= 4 is 34.8 Å². The van der Waals surface area contributed by atoms with E-state index in [0.717, 1.165) is 74.2 Å². The van der Waals surface area contributed by atoms with Crippen LogP contribution in [0.2, 0.25) is 0 Å². The van der Waals surface area contributed by atoms with Gasteiger partial charge in [0, 0.05) is 37.5 Å². The van der Waals surface area contributed by atoms with Crippen molar-refractivity contribution in [2.45, 2.75) is 63.7 Å². The zero-order valence-electron chi connectivity index (χ0n) is 35.8. The lowest BCUT2D eigenvalue weighted by molar-refractivity contribution is -0.135. The number of amides is 4. The molecule has 2 aliphatic rings. The summed E-state index contributed by atoms with van der Waals surface area (Å²) in [5, 5.41) is 7.57. The first kappa shape index (κ1) is 42.4. The summed E-state index contributed by atoms with van der Waals surface area (Å²) in [7, 11) is 2.56. The summed E-state index contributed by atoms with van der Waals surface area (Å²) < 4.78 is 9.61. The van der Waals surface area contributed by atoms with Crippen molar-refractivity contribution in [3.05, 3.63) is 127 Å². The van der Waals surface area contributed by atoms with Gasteiger partial charge in [0.2, 0.25) is 11.8 Å². The van der Waals surface area contributed by atoms with Crippen molar-refractivity contribution in [2.75, 3.05) is 27.3 Å². The predicted molar refractivity (Wildman–Crippen MR) is 238 cm³/mol. The number of rotatable bonds is 12. The molecular formula is C48H51N9O6. The van der Waals surface area contributed by atoms with Crippen LogP contribution in [0.1, 0.15) is 62.4 Å². The second-order valence-electron chi connectivity index (χ2n) is 16.5. The molecule has 0 aliphatic carbocycles. The average Bonchev–Trinajstić information content (AvgIpc) is 4.15. The highest BCUT2D eigenvalue weighted by Gasteiger charge is 2.39. The summed E-state index contributed by atoms with van der Waals surface area (Å²) in [6, 6.07) is 22.5. The van der Waals surface area contributed by atoms with Crippen LogP contribution < -0.4 is 10.6 Å². The van der Waals surface area contributed by atoms with Gasteiger partial charge in [-0.1, -0.05) is 80.6 Å². The monoisotopic (exact) mass is 849 g/mol. The Morgan fingerprint density at radius 2 is 1.38 bits per heavy atom. The third-order valence-corrected chi connectivity index (χ3v) is 11.9. The second-order valence-corrected chi connectivity index (χ2v) is 16.5. The largest absolute Gasteiger partial charge is 0.453 e. The highest BCUT2D eigenvalue weighted by molar-refractivity contribution is 5.91. The van der Waals surface area contributed by atoms with Gasteiger partial charge in [-0.3, -0.25) is 14.6 Å². The summed E-state index contributed by atoms with van der Waals surface area (Å²) in [6.07, 6.45) is 8.02. The summed E-state index contributed by atoms with van der Waals surface area (Å²) in [4.78, 5) is 75.9. The van der Waals surface area contributed by atoms with E-state index < -0.39 is 24.3 Å². The molecule has 0 saturated carbocycles. The number of likely N-dealkylation sites (tertiary alicyclic amines) is 2. The van der Waals surface area contributed by atoms with Crippen LogP contribution in [0.4, 0.5) is 9.59 Å². The van der Waals surface area contributed by atoms with Gasteiger partial charge in [0.25, 0.3) is 0 Å². The van der Waals surface area contributed by atoms with Crippen LogP contribution in [-0.4, -0.2) is 98.1 Å². The molecule has 0 radical (unpaired) electrons. The zero-order chi connectivity index (χ0) is 44.2. The van der Waals surface area contributed by atoms with Crippen molar-refractivity contribution in [2.24, 2.45) is 5.92 Å². The first-order chi connectivity index (χ1) is 30.5. The van der Waals surface area contributed by atoms with Crippen LogP contribution in [0.25, 0.3) is 44.4 Å². The van der Waals surface area contributed by atoms with Gasteiger partial charge in [0.05, 0.1) is 50.1 Å². The molecule has 3 aromatic heterocycles. The van der Waals surface area contributed by atoms with E-state index in [-0.39, 0.29) is 36.2 Å². The van der Waals surface area contributed by atoms with Crippen molar-refractivity contribution in [1.82, 2.24) is 45.4 Å². The van der Waals surface area contributed by atoms with E-state index in [4.69, 9.17) is 19.4 Å². The van der Waals surface area contributed by atoms with Gasteiger partial charge in [-0.05, 0) is 76.4 Å². The van der Waals surface area contributed by atoms with Crippen molar-refractivity contribution in [1.29, 1.82) is 0 Å². The number of H-pyrrole nitrogens is 2. The number of fused-ring (bicyclic) bond motifs is 1. The van der Waals surface area contributed by atoms with Crippen LogP contribution in [0.5, 0.6) is 0 Å². The van der Waals surface area contributed by atoms with Crippen LogP contribution in [0.15, 0.2) is 110 Å². The van der Waals surface area contributed by atoms with Crippen LogP contribution in [-0.2, 0) is 25.5 Å². The fourth-order valence-electron chi connectivity index (χ4n) is 8.56. The van der Waals surface area contributed by atoms with Crippen LogP contribution in [0.3, 0.4) is 0 Å². The minimum atomic E-state index is -0.865. The van der Waals surface area contributed by atoms with E-state index in [0.29, 0.717) is 25.3 Å². The van der Waals surface area contributed by atoms with Crippen molar-refractivity contribution in [3.63, 3.8) is 0 Å². The number of hydrogen-bond acceptors (Lipinski definition) is 9. The molecule has 8 rings (SSSR count). The number of imidazole rings is 2. The highest BCUT2D eigenvalue weighted by Crippen LogP contribution is 2.36. The van der Waals surface area contributed by atoms with E-state index >= 15 is 0 Å². The summed E-state index contributed by atoms with van der Waals surface area (Å²) in [5.41, 5.74) is 7.43. The Bertz CT molecular complexity index is 2640. The normalized spacial score (nSPS) is 17.2. The third kappa shape index (κ3) is 9.18. The van der Waals surface area contributed by atoms with Gasteiger partial charge in [-0.25, -0.2) is 19.6 Å². The van der Waals surface area contributed by atoms with Gasteiger partial charge < -0.3 is 39.9 Å². The number of hydrogen-bond donors (Lipinski definition) is 4. The Balaban J connectivity index is 0.944. The predicted octanol–water partition coefficient (Wildman–Crippen LogP) is 7.52. The van der Waals surface area contributed by atoms with Gasteiger partial charge in [-0.2, -0.15) is 0 Å². The van der Waals surface area contributed by atoms with E-state index in [1.807, 2.05) is 43.1 Å². The molecule has 4 atom stereocenters. The molecule has 2 saturated heterocycles. The Hall–Kier alpha value is -7.29. The molecule has 0 spiro atoms. The number of nitrogens with one attached hydrogen (secondary N) is 4. The topological polar surface area (TPSA) is 188 Å². The number of benzene rings is 3.